The van der Waals surface area contributed by atoms with Crippen LogP contribution in [0.4, 0.5) is 34.1 Å². The molecule has 0 spiro atoms. The van der Waals surface area contributed by atoms with Gasteiger partial charge in [-0.05, 0) is 123 Å². The third kappa shape index (κ3) is 6.50. The molecule has 0 radical (unpaired) electrons. The van der Waals surface area contributed by atoms with E-state index in [2.05, 4.69) is 240 Å². The largest absolute Gasteiger partial charge is 0.311 e. The van der Waals surface area contributed by atoms with Gasteiger partial charge in [-0.15, -0.1) is 0 Å². The van der Waals surface area contributed by atoms with E-state index >= 15 is 0 Å². The summed E-state index contributed by atoms with van der Waals surface area (Å²) in [6, 6.07) is 73.3. The summed E-state index contributed by atoms with van der Waals surface area (Å²) in [6.07, 6.45) is 3.40. The molecule has 2 aliphatic rings. The topological polar surface area (TPSA) is 32.3 Å². The minimum Gasteiger partial charge on any atom is -0.311 e. The number of halogens is 1. The lowest BCUT2D eigenvalue weighted by atomic mass is 9.33. The van der Waals surface area contributed by atoms with Crippen LogP contribution in [0.5, 0.6) is 0 Å². The number of aromatic nitrogens is 2. The van der Waals surface area contributed by atoms with E-state index in [0.29, 0.717) is 5.82 Å². The van der Waals surface area contributed by atoms with Gasteiger partial charge in [0.05, 0.1) is 11.4 Å². The molecule has 6 heteroatoms. The van der Waals surface area contributed by atoms with Crippen LogP contribution in [0.15, 0.2) is 200 Å². The highest BCUT2D eigenvalue weighted by molar-refractivity contribution is 14.1. The molecule has 0 fully saturated rings. The summed E-state index contributed by atoms with van der Waals surface area (Å²) in [7, 11) is 0. The number of hydrogen-bond acceptors (Lipinski definition) is 4. The van der Waals surface area contributed by atoms with Gasteiger partial charge in [0, 0.05) is 65.2 Å². The van der Waals surface area contributed by atoms with Gasteiger partial charge in [-0.2, -0.15) is 0 Å². The minimum absolute atomic E-state index is 0.0464. The van der Waals surface area contributed by atoms with E-state index in [9.17, 15) is 0 Å². The van der Waals surface area contributed by atoms with Gasteiger partial charge in [-0.1, -0.05) is 159 Å². The Morgan fingerprint density at radius 2 is 0.969 bits per heavy atom. The molecule has 12 rings (SSSR count). The summed E-state index contributed by atoms with van der Waals surface area (Å²) in [4.78, 5) is 16.0. The number of hydrogen-bond donors (Lipinski definition) is 0. The van der Waals surface area contributed by atoms with Gasteiger partial charge in [-0.25, -0.2) is 9.97 Å². The zero-order valence-corrected chi connectivity index (χ0v) is 37.6. The number of benzene rings is 9. The maximum Gasteiger partial charge on any atom is 0.252 e. The summed E-state index contributed by atoms with van der Waals surface area (Å²) in [6.45, 7) is 2.22. The fourth-order valence-corrected chi connectivity index (χ4v) is 10.4. The number of anilines is 6. The molecule has 4 nitrogen and oxygen atoms in total. The van der Waals surface area contributed by atoms with Crippen LogP contribution in [-0.2, 0) is 6.42 Å². The molecular weight excluding hydrogens is 890 g/mol. The van der Waals surface area contributed by atoms with Crippen LogP contribution in [0.1, 0.15) is 25.3 Å². The Morgan fingerprint density at radius 3 is 1.48 bits per heavy atom. The highest BCUT2D eigenvalue weighted by atomic mass is 127. The maximum atomic E-state index is 5.45. The molecule has 10 aromatic rings. The monoisotopic (exact) mass is 932 g/mol. The third-order valence-corrected chi connectivity index (χ3v) is 13.8. The Balaban J connectivity index is 1.21. The molecule has 0 N–H and O–H groups in total. The van der Waals surface area contributed by atoms with Crippen LogP contribution in [0.2, 0.25) is 0 Å². The maximum absolute atomic E-state index is 5.45. The third-order valence-electron chi connectivity index (χ3n) is 13.1. The van der Waals surface area contributed by atoms with E-state index in [0.717, 1.165) is 57.2 Å². The van der Waals surface area contributed by atoms with Gasteiger partial charge in [-0.3, -0.25) is 0 Å². The molecule has 2 aliphatic heterocycles. The van der Waals surface area contributed by atoms with Crippen LogP contribution < -0.4 is 26.2 Å². The second kappa shape index (κ2) is 16.0. The molecule has 1 aromatic heterocycles. The Labute approximate surface area is 388 Å². The van der Waals surface area contributed by atoms with Crippen molar-refractivity contribution in [1.82, 2.24) is 9.97 Å². The second-order valence-electron chi connectivity index (χ2n) is 16.9. The summed E-state index contributed by atoms with van der Waals surface area (Å²) >= 11 is 2.42. The van der Waals surface area contributed by atoms with Crippen molar-refractivity contribution in [2.75, 3.05) is 9.80 Å². The van der Waals surface area contributed by atoms with Gasteiger partial charge < -0.3 is 9.80 Å². The van der Waals surface area contributed by atoms with E-state index in [1.165, 1.54) is 71.3 Å². The number of fused-ring (bicyclic) bond motifs is 8. The molecule has 9 aromatic carbocycles. The molecule has 64 heavy (non-hydrogen) atoms. The van der Waals surface area contributed by atoms with Gasteiger partial charge >= 0.3 is 0 Å². The predicted octanol–water partition coefficient (Wildman–Crippen LogP) is 13.8. The first-order valence-corrected chi connectivity index (χ1v) is 23.4. The molecule has 3 heterocycles. The lowest BCUT2D eigenvalue weighted by molar-refractivity contribution is 0.795. The molecule has 0 amide bonds. The highest BCUT2D eigenvalue weighted by Crippen LogP contribution is 2.49. The summed E-state index contributed by atoms with van der Waals surface area (Å²) in [5.74, 6) is 0.681. The number of rotatable bonds is 8. The van der Waals surface area contributed by atoms with Crippen molar-refractivity contribution in [3.8, 4) is 33.9 Å². The van der Waals surface area contributed by atoms with E-state index < -0.39 is 0 Å². The van der Waals surface area contributed by atoms with Gasteiger partial charge in [0.2, 0.25) is 0 Å². The molecular formula is C58H42BIN4. The van der Waals surface area contributed by atoms with Gasteiger partial charge in [0.15, 0.2) is 5.82 Å². The second-order valence-corrected chi connectivity index (χ2v) is 18.2. The van der Waals surface area contributed by atoms with Crippen molar-refractivity contribution in [1.29, 1.82) is 0 Å². The highest BCUT2D eigenvalue weighted by Gasteiger charge is 2.45. The zero-order valence-electron chi connectivity index (χ0n) is 35.4. The Bertz CT molecular complexity index is 3330. The lowest BCUT2D eigenvalue weighted by Gasteiger charge is -2.45. The lowest BCUT2D eigenvalue weighted by Crippen LogP contribution is -2.61. The predicted molar refractivity (Wildman–Crippen MR) is 279 cm³/mol. The van der Waals surface area contributed by atoms with Crippen LogP contribution in [0.25, 0.3) is 55.4 Å². The van der Waals surface area contributed by atoms with Crippen molar-refractivity contribution in [3.63, 3.8) is 0 Å². The van der Waals surface area contributed by atoms with Crippen molar-refractivity contribution in [3.05, 3.63) is 209 Å². The first-order valence-electron chi connectivity index (χ1n) is 22.3. The average Bonchev–Trinajstić information content (AvgIpc) is 3.36. The molecule has 0 unspecified atom stereocenters. The fraction of sp³-hybridized carbons (Fsp3) is 0.0690. The van der Waals surface area contributed by atoms with Gasteiger partial charge in [0.25, 0.3) is 6.71 Å². The summed E-state index contributed by atoms with van der Waals surface area (Å²) in [5.41, 5.74) is 16.9. The van der Waals surface area contributed by atoms with E-state index in [4.69, 9.17) is 9.97 Å². The SMILES string of the molecule is CCCCc1ccc(N2c3cc(-c4nc(-c5ccccc5)cc(-c5ccccc5)n4)cc4c3B(c3ccc5ccccc5c3N4c3ccc(I)cc3)c3ccc4ccccc4c32)cc1. The van der Waals surface area contributed by atoms with Crippen LogP contribution in [0, 0.1) is 3.57 Å². The first-order chi connectivity index (χ1) is 31.6. The van der Waals surface area contributed by atoms with Crippen LogP contribution >= 0.6 is 22.6 Å². The van der Waals surface area contributed by atoms with E-state index in [-0.39, 0.29) is 6.71 Å². The van der Waals surface area contributed by atoms with Crippen molar-refractivity contribution < 1.29 is 0 Å². The quantitative estimate of drug-likeness (QED) is 0.112. The minimum atomic E-state index is -0.0464. The van der Waals surface area contributed by atoms with Gasteiger partial charge in [0.1, 0.15) is 0 Å². The smallest absolute Gasteiger partial charge is 0.252 e. The molecule has 0 saturated carbocycles. The first kappa shape index (κ1) is 38.6. The molecule has 304 valence electrons. The van der Waals surface area contributed by atoms with Crippen molar-refractivity contribution >= 4 is 101 Å². The normalized spacial score (nSPS) is 12.6. The number of unbranched alkanes of at least 4 members (excludes halogenated alkanes) is 1. The molecule has 0 bridgehead atoms. The molecule has 0 saturated heterocycles. The molecule has 0 aliphatic carbocycles. The summed E-state index contributed by atoms with van der Waals surface area (Å²) < 4.78 is 1.19. The molecule has 0 atom stereocenters. The summed E-state index contributed by atoms with van der Waals surface area (Å²) in [5, 5.41) is 4.87. The standard InChI is InChI=1S/C58H42BIN4/c1-2-3-14-38-23-29-45(30-24-38)63-53-35-43(58-61-51(41-17-6-4-7-18-41)37-52(62-58)42-19-8-5-9-20-42)36-54-55(53)59(49-33-25-39-15-10-12-21-47(39)56(49)63)50-34-26-40-16-11-13-22-48(40)57(50)64(54)46-31-27-44(60)28-32-46/h4-13,15-37H,2-3,14H2,1H3. The Hall–Kier alpha value is -7.03. The van der Waals surface area contributed by atoms with Crippen molar-refractivity contribution in [2.45, 2.75) is 26.2 Å². The Morgan fingerprint density at radius 1 is 0.484 bits per heavy atom. The fourth-order valence-electron chi connectivity index (χ4n) is 10.1. The van der Waals surface area contributed by atoms with E-state index in [1.807, 2.05) is 0 Å². The number of nitrogens with zero attached hydrogens (tertiary/aromatic N) is 4. The van der Waals surface area contributed by atoms with E-state index in [1.54, 1.807) is 0 Å². The average molecular weight is 933 g/mol. The van der Waals surface area contributed by atoms with Crippen LogP contribution in [0.3, 0.4) is 0 Å². The zero-order chi connectivity index (χ0) is 42.7. The van der Waals surface area contributed by atoms with Crippen molar-refractivity contribution in [2.24, 2.45) is 0 Å². The van der Waals surface area contributed by atoms with Crippen LogP contribution in [-0.4, -0.2) is 16.7 Å². The number of aryl methyl sites for hydroxylation is 1. The Kier molecular flexibility index (Phi) is 9.63.